The Bertz CT molecular complexity index is 837. The highest BCUT2D eigenvalue weighted by Gasteiger charge is 2.21. The van der Waals surface area contributed by atoms with Crippen LogP contribution in [0.4, 0.5) is 11.4 Å². The first-order chi connectivity index (χ1) is 13.0. The summed E-state index contributed by atoms with van der Waals surface area (Å²) in [6.07, 6.45) is 1.73. The average Bonchev–Trinajstić information content (AvgIpc) is 2.68. The van der Waals surface area contributed by atoms with E-state index in [1.54, 1.807) is 11.2 Å². The first-order valence-electron chi connectivity index (χ1n) is 9.15. The van der Waals surface area contributed by atoms with Gasteiger partial charge in [0, 0.05) is 25.8 Å². The van der Waals surface area contributed by atoms with Crippen molar-refractivity contribution >= 4 is 23.7 Å². The lowest BCUT2D eigenvalue weighted by molar-refractivity contribution is 0.515. The molecular formula is C21H26N6. The quantitative estimate of drug-likeness (QED) is 0.713. The normalized spacial score (nSPS) is 15.9. The molecule has 0 saturated heterocycles. The van der Waals surface area contributed by atoms with Crippen molar-refractivity contribution in [3.63, 3.8) is 0 Å². The maximum absolute atomic E-state index is 4.49. The van der Waals surface area contributed by atoms with Gasteiger partial charge < -0.3 is 9.80 Å². The predicted octanol–water partition coefficient (Wildman–Crippen LogP) is 4.86. The van der Waals surface area contributed by atoms with Crippen molar-refractivity contribution in [3.8, 4) is 0 Å². The Labute approximate surface area is 161 Å². The van der Waals surface area contributed by atoms with Crippen LogP contribution in [0, 0.1) is 0 Å². The Morgan fingerprint density at radius 1 is 1.00 bits per heavy atom. The topological polar surface area (TPSA) is 55.9 Å². The number of azo groups is 1. The van der Waals surface area contributed by atoms with E-state index in [-0.39, 0.29) is 0 Å². The Hall–Kier alpha value is -3.02. The summed E-state index contributed by atoms with van der Waals surface area (Å²) in [7, 11) is 1.86. The number of nitrogens with zero attached hydrogens (tertiary/aromatic N) is 6. The van der Waals surface area contributed by atoms with Crippen molar-refractivity contribution in [2.45, 2.75) is 33.0 Å². The summed E-state index contributed by atoms with van der Waals surface area (Å²) in [6, 6.07) is 18.6. The van der Waals surface area contributed by atoms with Gasteiger partial charge in [-0.25, -0.2) is 9.98 Å². The van der Waals surface area contributed by atoms with Gasteiger partial charge >= 0.3 is 0 Å². The number of hydrogen-bond acceptors (Lipinski definition) is 6. The van der Waals surface area contributed by atoms with E-state index in [4.69, 9.17) is 0 Å². The third-order valence-corrected chi connectivity index (χ3v) is 4.30. The molecule has 0 amide bonds. The molecule has 1 heterocycles. The summed E-state index contributed by atoms with van der Waals surface area (Å²) in [4.78, 5) is 12.9. The van der Waals surface area contributed by atoms with Crippen molar-refractivity contribution in [1.29, 1.82) is 0 Å². The number of anilines is 1. The highest BCUT2D eigenvalue weighted by molar-refractivity contribution is 5.92. The molecule has 0 bridgehead atoms. The van der Waals surface area contributed by atoms with Gasteiger partial charge in [0.25, 0.3) is 0 Å². The summed E-state index contributed by atoms with van der Waals surface area (Å²) in [5.41, 5.74) is 2.77. The zero-order valence-electron chi connectivity index (χ0n) is 16.4. The van der Waals surface area contributed by atoms with Gasteiger partial charge in [0.2, 0.25) is 5.96 Å². The van der Waals surface area contributed by atoms with Crippen LogP contribution in [0.3, 0.4) is 0 Å². The highest BCUT2D eigenvalue weighted by atomic mass is 15.4. The second kappa shape index (κ2) is 8.12. The molecule has 3 rings (SSSR count). The third kappa shape index (κ3) is 5.00. The lowest BCUT2D eigenvalue weighted by Crippen LogP contribution is -2.33. The molecule has 0 radical (unpaired) electrons. The van der Waals surface area contributed by atoms with E-state index in [0.29, 0.717) is 5.96 Å². The molecule has 6 heteroatoms. The van der Waals surface area contributed by atoms with Crippen LogP contribution in [0.2, 0.25) is 0 Å². The van der Waals surface area contributed by atoms with E-state index >= 15 is 0 Å². The molecule has 0 unspecified atom stereocenters. The lowest BCUT2D eigenvalue weighted by atomic mass is 10.2. The zero-order valence-corrected chi connectivity index (χ0v) is 16.4. The fourth-order valence-corrected chi connectivity index (χ4v) is 2.75. The van der Waals surface area contributed by atoms with E-state index in [9.17, 15) is 0 Å². The van der Waals surface area contributed by atoms with Gasteiger partial charge in [-0.05, 0) is 50.6 Å². The van der Waals surface area contributed by atoms with Gasteiger partial charge in [-0.1, -0.05) is 30.3 Å². The number of benzene rings is 2. The van der Waals surface area contributed by atoms with Gasteiger partial charge in [0.05, 0.1) is 12.0 Å². The predicted molar refractivity (Wildman–Crippen MR) is 112 cm³/mol. The second-order valence-corrected chi connectivity index (χ2v) is 6.98. The maximum atomic E-state index is 4.49. The summed E-state index contributed by atoms with van der Waals surface area (Å²) in [5.74, 6) is 0.554. The minimum absolute atomic E-state index is 0.496. The average molecular weight is 362 g/mol. The molecule has 6 nitrogen and oxygen atoms in total. The molecule has 0 spiro atoms. The van der Waals surface area contributed by atoms with Crippen LogP contribution < -0.4 is 4.90 Å². The van der Waals surface area contributed by atoms with Gasteiger partial charge in [0.15, 0.2) is 0 Å². The van der Waals surface area contributed by atoms with Gasteiger partial charge in [-0.15, -0.1) is 10.2 Å². The van der Waals surface area contributed by atoms with Crippen molar-refractivity contribution in [2.24, 2.45) is 20.2 Å². The third-order valence-electron chi connectivity index (χ3n) is 4.30. The molecule has 2 aromatic rings. The molecule has 0 fully saturated rings. The molecule has 1 aliphatic heterocycles. The lowest BCUT2D eigenvalue weighted by Gasteiger charge is -2.24. The van der Waals surface area contributed by atoms with E-state index in [1.165, 1.54) is 11.3 Å². The molecule has 2 aromatic carbocycles. The molecule has 140 valence electrons. The van der Waals surface area contributed by atoms with Gasteiger partial charge in [0.1, 0.15) is 5.66 Å². The Kier molecular flexibility index (Phi) is 5.64. The monoisotopic (exact) mass is 362 g/mol. The number of hydrogen-bond donors (Lipinski definition) is 0. The zero-order chi connectivity index (χ0) is 19.3. The first kappa shape index (κ1) is 18.8. The molecule has 0 aromatic heterocycles. The summed E-state index contributed by atoms with van der Waals surface area (Å²) >= 11 is 0. The van der Waals surface area contributed by atoms with E-state index in [1.807, 2.05) is 39.1 Å². The fourth-order valence-electron chi connectivity index (χ4n) is 2.75. The highest BCUT2D eigenvalue weighted by Crippen LogP contribution is 2.22. The summed E-state index contributed by atoms with van der Waals surface area (Å²) < 4.78 is 0. The van der Waals surface area contributed by atoms with Gasteiger partial charge in [-0.3, -0.25) is 0 Å². The second-order valence-electron chi connectivity index (χ2n) is 6.98. The SMILES string of the molecule is CCN(Cc1ccccc1)c1ccc(/N=N/C2=NC(C)(C)N=CN2C)cc1. The van der Waals surface area contributed by atoms with E-state index in [0.717, 1.165) is 18.8 Å². The first-order valence-corrected chi connectivity index (χ1v) is 9.15. The Morgan fingerprint density at radius 3 is 2.37 bits per heavy atom. The smallest absolute Gasteiger partial charge is 0.248 e. The largest absolute Gasteiger partial charge is 0.367 e. The van der Waals surface area contributed by atoms with Crippen LogP contribution in [0.1, 0.15) is 26.3 Å². The van der Waals surface area contributed by atoms with Crippen molar-refractivity contribution in [2.75, 3.05) is 18.5 Å². The number of aliphatic imine (C=N–C) groups is 2. The van der Waals surface area contributed by atoms with Crippen molar-refractivity contribution in [1.82, 2.24) is 4.90 Å². The minimum atomic E-state index is -0.496. The number of rotatable bonds is 5. The van der Waals surface area contributed by atoms with Crippen molar-refractivity contribution in [3.05, 3.63) is 60.2 Å². The molecule has 27 heavy (non-hydrogen) atoms. The summed E-state index contributed by atoms with van der Waals surface area (Å²) in [5, 5.41) is 8.62. The molecule has 0 aliphatic carbocycles. The molecule has 0 saturated carbocycles. The van der Waals surface area contributed by atoms with Crippen LogP contribution in [0.25, 0.3) is 0 Å². The van der Waals surface area contributed by atoms with E-state index < -0.39 is 5.66 Å². The summed E-state index contributed by atoms with van der Waals surface area (Å²) in [6.45, 7) is 7.86. The van der Waals surface area contributed by atoms with Crippen LogP contribution in [-0.2, 0) is 6.54 Å². The Morgan fingerprint density at radius 2 is 1.70 bits per heavy atom. The maximum Gasteiger partial charge on any atom is 0.248 e. The standard InChI is InChI=1S/C21H26N6/c1-5-27(15-17-9-7-6-8-10-17)19-13-11-18(12-14-19)24-25-20-23-21(2,3)22-16-26(20)4/h6-14,16H,5,15H2,1-4H3/b25-24+. The fraction of sp³-hybridized carbons (Fsp3) is 0.333. The van der Waals surface area contributed by atoms with E-state index in [2.05, 4.69) is 68.4 Å². The molecule has 0 N–H and O–H groups in total. The molecule has 0 atom stereocenters. The minimum Gasteiger partial charge on any atom is -0.367 e. The Balaban J connectivity index is 1.70. The molecule has 1 aliphatic rings. The van der Waals surface area contributed by atoms with Crippen LogP contribution in [0.15, 0.2) is 74.8 Å². The van der Waals surface area contributed by atoms with Crippen molar-refractivity contribution < 1.29 is 0 Å². The van der Waals surface area contributed by atoms with Crippen LogP contribution >= 0.6 is 0 Å². The van der Waals surface area contributed by atoms with Crippen LogP contribution in [0.5, 0.6) is 0 Å². The number of guanidine groups is 1. The molecular weight excluding hydrogens is 336 g/mol. The van der Waals surface area contributed by atoms with Crippen LogP contribution in [-0.4, -0.2) is 36.5 Å². The van der Waals surface area contributed by atoms with Gasteiger partial charge in [-0.2, -0.15) is 0 Å².